The van der Waals surface area contributed by atoms with Crippen LogP contribution in [0.3, 0.4) is 0 Å². The summed E-state index contributed by atoms with van der Waals surface area (Å²) in [5, 5.41) is 2.96. The van der Waals surface area contributed by atoms with Gasteiger partial charge < -0.3 is 16.0 Å². The van der Waals surface area contributed by atoms with Gasteiger partial charge in [0.15, 0.2) is 0 Å². The highest BCUT2D eigenvalue weighted by molar-refractivity contribution is 5.74. The molecule has 0 spiro atoms. The molecular formula is C13H19N3O. The molecule has 0 aromatic heterocycles. The Hall–Kier alpha value is -1.71. The number of nitrogens with two attached hydrogens (primary N) is 1. The molecule has 1 amide bonds. The smallest absolute Gasteiger partial charge is 0.217 e. The van der Waals surface area contributed by atoms with Gasteiger partial charge in [0.25, 0.3) is 0 Å². The molecule has 1 aliphatic rings. The number of hydrogen-bond donors (Lipinski definition) is 2. The molecule has 1 fully saturated rings. The van der Waals surface area contributed by atoms with E-state index in [9.17, 15) is 4.79 Å². The van der Waals surface area contributed by atoms with Gasteiger partial charge in [0.1, 0.15) is 0 Å². The fourth-order valence-electron chi connectivity index (χ4n) is 2.48. The number of carbonyl (C=O) groups excluding carboxylic acids is 1. The van der Waals surface area contributed by atoms with E-state index in [4.69, 9.17) is 5.73 Å². The predicted octanol–water partition coefficient (Wildman–Crippen LogP) is 1.29. The second-order valence-corrected chi connectivity index (χ2v) is 4.64. The molecule has 1 aromatic carbocycles. The zero-order valence-corrected chi connectivity index (χ0v) is 10.4. The van der Waals surface area contributed by atoms with Crippen molar-refractivity contribution in [2.45, 2.75) is 26.3 Å². The second-order valence-electron chi connectivity index (χ2n) is 4.64. The Kier molecular flexibility index (Phi) is 3.22. The molecule has 0 aliphatic carbocycles. The van der Waals surface area contributed by atoms with Crippen LogP contribution in [0.15, 0.2) is 18.2 Å². The van der Waals surface area contributed by atoms with Crippen molar-refractivity contribution in [3.8, 4) is 0 Å². The predicted molar refractivity (Wildman–Crippen MR) is 70.0 cm³/mol. The largest absolute Gasteiger partial charge is 0.397 e. The number of amides is 1. The normalized spacial score (nSPS) is 19.4. The van der Waals surface area contributed by atoms with Crippen LogP contribution in [-0.2, 0) is 4.79 Å². The minimum Gasteiger partial charge on any atom is -0.397 e. The van der Waals surface area contributed by atoms with Gasteiger partial charge in [0.2, 0.25) is 5.91 Å². The number of para-hydroxylation sites is 1. The van der Waals surface area contributed by atoms with Crippen molar-refractivity contribution in [2.75, 3.05) is 23.7 Å². The van der Waals surface area contributed by atoms with Crippen molar-refractivity contribution in [1.82, 2.24) is 5.32 Å². The average molecular weight is 233 g/mol. The molecule has 3 N–H and O–H groups in total. The van der Waals surface area contributed by atoms with Crippen molar-refractivity contribution in [3.63, 3.8) is 0 Å². The number of aryl methyl sites for hydroxylation is 1. The van der Waals surface area contributed by atoms with Crippen LogP contribution in [0.2, 0.25) is 0 Å². The molecule has 0 radical (unpaired) electrons. The molecule has 1 saturated heterocycles. The third-order valence-corrected chi connectivity index (χ3v) is 3.18. The minimum absolute atomic E-state index is 0.0367. The van der Waals surface area contributed by atoms with Crippen LogP contribution in [-0.4, -0.2) is 25.0 Å². The molecule has 0 saturated carbocycles. The van der Waals surface area contributed by atoms with E-state index in [1.54, 1.807) is 6.92 Å². The lowest BCUT2D eigenvalue weighted by Crippen LogP contribution is -2.35. The fraction of sp³-hybridized carbons (Fsp3) is 0.462. The van der Waals surface area contributed by atoms with E-state index >= 15 is 0 Å². The van der Waals surface area contributed by atoms with E-state index in [1.165, 1.54) is 5.56 Å². The molecule has 17 heavy (non-hydrogen) atoms. The summed E-state index contributed by atoms with van der Waals surface area (Å²) in [4.78, 5) is 13.3. The Morgan fingerprint density at radius 1 is 1.53 bits per heavy atom. The van der Waals surface area contributed by atoms with Gasteiger partial charge in [0, 0.05) is 26.1 Å². The Labute approximate surface area is 102 Å². The summed E-state index contributed by atoms with van der Waals surface area (Å²) < 4.78 is 0. The van der Waals surface area contributed by atoms with Gasteiger partial charge in [-0.2, -0.15) is 0 Å². The van der Waals surface area contributed by atoms with E-state index < -0.39 is 0 Å². The van der Waals surface area contributed by atoms with Gasteiger partial charge >= 0.3 is 0 Å². The molecule has 1 aromatic rings. The summed E-state index contributed by atoms with van der Waals surface area (Å²) in [5.41, 5.74) is 9.13. The van der Waals surface area contributed by atoms with Crippen molar-refractivity contribution in [2.24, 2.45) is 0 Å². The molecule has 92 valence electrons. The summed E-state index contributed by atoms with van der Waals surface area (Å²) in [6.45, 7) is 5.41. The molecular weight excluding hydrogens is 214 g/mol. The summed E-state index contributed by atoms with van der Waals surface area (Å²) >= 11 is 0. The third kappa shape index (κ3) is 2.52. The van der Waals surface area contributed by atoms with Crippen LogP contribution in [0.5, 0.6) is 0 Å². The Bertz CT molecular complexity index is 410. The summed E-state index contributed by atoms with van der Waals surface area (Å²) in [6.07, 6.45) is 0.980. The lowest BCUT2D eigenvalue weighted by Gasteiger charge is -2.22. The van der Waals surface area contributed by atoms with Crippen molar-refractivity contribution in [3.05, 3.63) is 23.8 Å². The summed E-state index contributed by atoms with van der Waals surface area (Å²) in [6, 6.07) is 6.20. The van der Waals surface area contributed by atoms with Gasteiger partial charge in [0.05, 0.1) is 11.4 Å². The van der Waals surface area contributed by atoms with Crippen LogP contribution in [0.25, 0.3) is 0 Å². The minimum atomic E-state index is 0.0367. The zero-order chi connectivity index (χ0) is 12.4. The molecule has 1 unspecified atom stereocenters. The van der Waals surface area contributed by atoms with Crippen molar-refractivity contribution < 1.29 is 4.79 Å². The zero-order valence-electron chi connectivity index (χ0n) is 10.4. The van der Waals surface area contributed by atoms with Gasteiger partial charge in [-0.1, -0.05) is 12.1 Å². The van der Waals surface area contributed by atoms with Gasteiger partial charge in [-0.05, 0) is 25.0 Å². The Balaban J connectivity index is 2.12. The quantitative estimate of drug-likeness (QED) is 0.757. The van der Waals surface area contributed by atoms with Crippen LogP contribution in [0.4, 0.5) is 11.4 Å². The lowest BCUT2D eigenvalue weighted by molar-refractivity contribution is -0.119. The molecule has 4 heteroatoms. The molecule has 1 aliphatic heterocycles. The van der Waals surface area contributed by atoms with Gasteiger partial charge in [-0.25, -0.2) is 0 Å². The molecule has 2 rings (SSSR count). The van der Waals surface area contributed by atoms with E-state index in [-0.39, 0.29) is 11.9 Å². The number of hydrogen-bond acceptors (Lipinski definition) is 3. The Morgan fingerprint density at radius 2 is 2.29 bits per heavy atom. The van der Waals surface area contributed by atoms with Crippen LogP contribution in [0, 0.1) is 6.92 Å². The average Bonchev–Trinajstić information content (AvgIpc) is 2.65. The van der Waals surface area contributed by atoms with E-state index in [0.29, 0.717) is 0 Å². The number of carbonyl (C=O) groups is 1. The first-order valence-corrected chi connectivity index (χ1v) is 5.95. The maximum Gasteiger partial charge on any atom is 0.217 e. The summed E-state index contributed by atoms with van der Waals surface area (Å²) in [7, 11) is 0. The fourth-order valence-corrected chi connectivity index (χ4v) is 2.48. The number of nitrogen functional groups attached to an aromatic ring is 1. The molecule has 0 bridgehead atoms. The first-order valence-electron chi connectivity index (χ1n) is 5.95. The van der Waals surface area contributed by atoms with E-state index in [1.807, 2.05) is 12.1 Å². The number of rotatable bonds is 2. The topological polar surface area (TPSA) is 58.4 Å². The first-order chi connectivity index (χ1) is 8.08. The molecule has 4 nitrogen and oxygen atoms in total. The van der Waals surface area contributed by atoms with E-state index in [0.717, 1.165) is 30.9 Å². The van der Waals surface area contributed by atoms with Gasteiger partial charge in [-0.15, -0.1) is 0 Å². The van der Waals surface area contributed by atoms with Crippen LogP contribution in [0.1, 0.15) is 18.9 Å². The van der Waals surface area contributed by atoms with Crippen LogP contribution >= 0.6 is 0 Å². The monoisotopic (exact) mass is 233 g/mol. The third-order valence-electron chi connectivity index (χ3n) is 3.18. The van der Waals surface area contributed by atoms with Crippen LogP contribution < -0.4 is 16.0 Å². The number of anilines is 2. The van der Waals surface area contributed by atoms with Crippen molar-refractivity contribution >= 4 is 17.3 Å². The standard InChI is InChI=1S/C13H19N3O/c1-9-4-3-5-12(14)13(9)16-7-6-11(8-16)15-10(2)17/h3-5,11H,6-8,14H2,1-2H3,(H,15,17). The lowest BCUT2D eigenvalue weighted by atomic mass is 10.1. The first kappa shape index (κ1) is 11.8. The van der Waals surface area contributed by atoms with Crippen molar-refractivity contribution in [1.29, 1.82) is 0 Å². The molecule has 1 heterocycles. The number of nitrogens with zero attached hydrogens (tertiary/aromatic N) is 1. The second kappa shape index (κ2) is 4.65. The highest BCUT2D eigenvalue weighted by Gasteiger charge is 2.25. The summed E-state index contributed by atoms with van der Waals surface area (Å²) in [5.74, 6) is 0.0367. The maximum atomic E-state index is 11.0. The Morgan fingerprint density at radius 3 is 2.94 bits per heavy atom. The SMILES string of the molecule is CC(=O)NC1CCN(c2c(C)cccc2N)C1. The number of nitrogens with one attached hydrogen (secondary N) is 1. The number of benzene rings is 1. The van der Waals surface area contributed by atoms with Gasteiger partial charge in [-0.3, -0.25) is 4.79 Å². The highest BCUT2D eigenvalue weighted by atomic mass is 16.1. The van der Waals surface area contributed by atoms with E-state index in [2.05, 4.69) is 23.2 Å². The highest BCUT2D eigenvalue weighted by Crippen LogP contribution is 2.30. The molecule has 1 atom stereocenters. The maximum absolute atomic E-state index is 11.0.